The van der Waals surface area contributed by atoms with Crippen LogP contribution in [-0.2, 0) is 15.0 Å². The molecule has 0 atom stereocenters. The van der Waals surface area contributed by atoms with E-state index in [0.717, 1.165) is 24.3 Å². The fourth-order valence-corrected chi connectivity index (χ4v) is 4.11. The van der Waals surface area contributed by atoms with Gasteiger partial charge in [-0.05, 0) is 56.9 Å². The number of amides is 1. The Balaban J connectivity index is 1.50. The summed E-state index contributed by atoms with van der Waals surface area (Å²) in [7, 11) is 0. The highest BCUT2D eigenvalue weighted by molar-refractivity contribution is 7.10. The maximum Gasteiger partial charge on any atom is 0.317 e. The van der Waals surface area contributed by atoms with E-state index >= 15 is 0 Å². The summed E-state index contributed by atoms with van der Waals surface area (Å²) >= 11 is 1.60. The van der Waals surface area contributed by atoms with Gasteiger partial charge in [0, 0.05) is 23.5 Å². The van der Waals surface area contributed by atoms with E-state index in [1.165, 1.54) is 12.8 Å². The maximum absolute atomic E-state index is 12.6. The molecule has 24 heavy (non-hydrogen) atoms. The number of aliphatic carboxylic acids is 1. The summed E-state index contributed by atoms with van der Waals surface area (Å²) in [6, 6.07) is 4.42. The number of nitrogens with one attached hydrogen (secondary N) is 1. The smallest absolute Gasteiger partial charge is 0.317 e. The molecule has 1 aromatic heterocycles. The van der Waals surface area contributed by atoms with E-state index < -0.39 is 11.4 Å². The number of carboxylic acids is 1. The Morgan fingerprint density at radius 2 is 2.08 bits per heavy atom. The number of rotatable bonds is 8. The van der Waals surface area contributed by atoms with Crippen molar-refractivity contribution in [1.29, 1.82) is 0 Å². The van der Waals surface area contributed by atoms with E-state index in [9.17, 15) is 9.59 Å². The third-order valence-corrected chi connectivity index (χ3v) is 6.39. The topological polar surface area (TPSA) is 69.6 Å². The summed E-state index contributed by atoms with van der Waals surface area (Å²) in [5, 5.41) is 14.2. The van der Waals surface area contributed by atoms with Crippen molar-refractivity contribution in [3.05, 3.63) is 22.4 Å². The Morgan fingerprint density at radius 3 is 2.62 bits per heavy atom. The minimum absolute atomic E-state index is 0.0559. The highest BCUT2D eigenvalue weighted by Gasteiger charge is 2.40. The number of thiophene rings is 1. The van der Waals surface area contributed by atoms with Crippen molar-refractivity contribution in [3.63, 3.8) is 0 Å². The van der Waals surface area contributed by atoms with Gasteiger partial charge in [-0.1, -0.05) is 6.07 Å². The van der Waals surface area contributed by atoms with Crippen LogP contribution in [0, 0.1) is 5.92 Å². The van der Waals surface area contributed by atoms with Gasteiger partial charge in [0.25, 0.3) is 0 Å². The molecule has 1 amide bonds. The largest absolute Gasteiger partial charge is 0.480 e. The minimum atomic E-state index is -0.762. The quantitative estimate of drug-likeness (QED) is 0.756. The van der Waals surface area contributed by atoms with Gasteiger partial charge in [-0.15, -0.1) is 11.3 Å². The maximum atomic E-state index is 12.6. The lowest BCUT2D eigenvalue weighted by molar-refractivity contribution is -0.140. The van der Waals surface area contributed by atoms with Gasteiger partial charge in [-0.2, -0.15) is 0 Å². The SMILES string of the molecule is CC(C)(C(=O)NC1CC(N(CC(=O)O)CC2CC2)C1)c1cccs1. The van der Waals surface area contributed by atoms with Crippen molar-refractivity contribution in [1.82, 2.24) is 10.2 Å². The van der Waals surface area contributed by atoms with Crippen LogP contribution in [0.1, 0.15) is 44.4 Å². The summed E-state index contributed by atoms with van der Waals surface area (Å²) in [5.41, 5.74) is -0.520. The molecular weight excluding hydrogens is 324 g/mol. The van der Waals surface area contributed by atoms with E-state index in [2.05, 4.69) is 10.2 Å². The number of hydrogen-bond donors (Lipinski definition) is 2. The number of hydrogen-bond acceptors (Lipinski definition) is 4. The summed E-state index contributed by atoms with van der Waals surface area (Å²) in [5.74, 6) is -0.0295. The van der Waals surface area contributed by atoms with Crippen molar-refractivity contribution in [2.24, 2.45) is 5.92 Å². The molecule has 0 bridgehead atoms. The van der Waals surface area contributed by atoms with Crippen molar-refractivity contribution >= 4 is 23.2 Å². The highest BCUT2D eigenvalue weighted by Crippen LogP contribution is 2.34. The molecule has 1 heterocycles. The molecule has 0 spiro atoms. The zero-order chi connectivity index (χ0) is 17.3. The first-order chi connectivity index (χ1) is 11.4. The van der Waals surface area contributed by atoms with Gasteiger partial charge in [0.05, 0.1) is 12.0 Å². The Bertz CT molecular complexity index is 589. The summed E-state index contributed by atoms with van der Waals surface area (Å²) in [4.78, 5) is 26.8. The van der Waals surface area contributed by atoms with E-state index in [1.54, 1.807) is 11.3 Å². The monoisotopic (exact) mass is 350 g/mol. The molecule has 2 aliphatic carbocycles. The van der Waals surface area contributed by atoms with E-state index in [-0.39, 0.29) is 24.5 Å². The summed E-state index contributed by atoms with van der Waals surface area (Å²) in [6.07, 6.45) is 4.15. The Kier molecular flexibility index (Phi) is 4.97. The second kappa shape index (κ2) is 6.84. The molecule has 6 heteroatoms. The highest BCUT2D eigenvalue weighted by atomic mass is 32.1. The number of carbonyl (C=O) groups is 2. The third-order valence-electron chi connectivity index (χ3n) is 5.20. The molecule has 2 N–H and O–H groups in total. The number of carboxylic acid groups (broad SMARTS) is 1. The predicted octanol–water partition coefficient (Wildman–Crippen LogP) is 2.47. The molecule has 2 fully saturated rings. The normalized spacial score (nSPS) is 23.8. The van der Waals surface area contributed by atoms with Crippen LogP contribution in [0.3, 0.4) is 0 Å². The van der Waals surface area contributed by atoms with Gasteiger partial charge >= 0.3 is 5.97 Å². The Hall–Kier alpha value is -1.40. The van der Waals surface area contributed by atoms with Gasteiger partial charge in [0.15, 0.2) is 0 Å². The summed E-state index contributed by atoms with van der Waals surface area (Å²) < 4.78 is 0. The average Bonchev–Trinajstić information content (AvgIpc) is 3.10. The zero-order valence-corrected chi connectivity index (χ0v) is 15.1. The molecule has 0 aromatic carbocycles. The average molecular weight is 350 g/mol. The zero-order valence-electron chi connectivity index (χ0n) is 14.3. The fraction of sp³-hybridized carbons (Fsp3) is 0.667. The Morgan fingerprint density at radius 1 is 1.38 bits per heavy atom. The lowest BCUT2D eigenvalue weighted by atomic mass is 9.83. The Labute approximate surface area is 147 Å². The predicted molar refractivity (Wildman–Crippen MR) is 94.2 cm³/mol. The van der Waals surface area contributed by atoms with Crippen molar-refractivity contribution in [2.45, 2.75) is 57.0 Å². The van der Waals surface area contributed by atoms with Crippen LogP contribution in [0.25, 0.3) is 0 Å². The van der Waals surface area contributed by atoms with Gasteiger partial charge in [0.1, 0.15) is 0 Å². The number of carbonyl (C=O) groups excluding carboxylic acids is 1. The van der Waals surface area contributed by atoms with Gasteiger partial charge in [-0.3, -0.25) is 14.5 Å². The van der Waals surface area contributed by atoms with Crippen LogP contribution >= 0.6 is 11.3 Å². The van der Waals surface area contributed by atoms with Gasteiger partial charge < -0.3 is 10.4 Å². The molecule has 1 aromatic rings. The molecule has 0 radical (unpaired) electrons. The molecule has 2 saturated carbocycles. The molecule has 0 unspecified atom stereocenters. The first-order valence-corrected chi connectivity index (χ1v) is 9.55. The van der Waals surface area contributed by atoms with Crippen LogP contribution < -0.4 is 5.32 Å². The lowest BCUT2D eigenvalue weighted by Crippen LogP contribution is -2.57. The molecule has 132 valence electrons. The molecule has 0 aliphatic heterocycles. The van der Waals surface area contributed by atoms with E-state index in [0.29, 0.717) is 5.92 Å². The van der Waals surface area contributed by atoms with Gasteiger partial charge in [-0.25, -0.2) is 0 Å². The van der Waals surface area contributed by atoms with E-state index in [4.69, 9.17) is 5.11 Å². The van der Waals surface area contributed by atoms with Crippen LogP contribution in [0.2, 0.25) is 0 Å². The first-order valence-electron chi connectivity index (χ1n) is 8.67. The third kappa shape index (κ3) is 3.98. The molecule has 3 rings (SSSR count). The van der Waals surface area contributed by atoms with Crippen LogP contribution in [-0.4, -0.2) is 47.1 Å². The minimum Gasteiger partial charge on any atom is -0.480 e. The van der Waals surface area contributed by atoms with Crippen molar-refractivity contribution in [2.75, 3.05) is 13.1 Å². The van der Waals surface area contributed by atoms with Crippen molar-refractivity contribution < 1.29 is 14.7 Å². The van der Waals surface area contributed by atoms with Crippen LogP contribution in [0.4, 0.5) is 0 Å². The van der Waals surface area contributed by atoms with Crippen LogP contribution in [0.5, 0.6) is 0 Å². The first kappa shape index (κ1) is 17.4. The van der Waals surface area contributed by atoms with E-state index in [1.807, 2.05) is 31.4 Å². The second-order valence-electron chi connectivity index (χ2n) is 7.66. The molecular formula is C18H26N2O3S. The standard InChI is InChI=1S/C18H26N2O3S/c1-18(2,15-4-3-7-24-15)17(23)19-13-8-14(9-13)20(11-16(21)22)10-12-5-6-12/h3-4,7,12-14H,5-6,8-11H2,1-2H3,(H,19,23)(H,21,22). The molecule has 0 saturated heterocycles. The fourth-order valence-electron chi connectivity index (χ4n) is 3.26. The second-order valence-corrected chi connectivity index (χ2v) is 8.61. The molecule has 5 nitrogen and oxygen atoms in total. The summed E-state index contributed by atoms with van der Waals surface area (Å²) in [6.45, 7) is 4.91. The van der Waals surface area contributed by atoms with Gasteiger partial charge in [0.2, 0.25) is 5.91 Å². The van der Waals surface area contributed by atoms with Crippen LogP contribution in [0.15, 0.2) is 17.5 Å². The van der Waals surface area contributed by atoms with Crippen molar-refractivity contribution in [3.8, 4) is 0 Å². The molecule has 2 aliphatic rings. The lowest BCUT2D eigenvalue weighted by Gasteiger charge is -2.43. The number of nitrogens with zero attached hydrogens (tertiary/aromatic N) is 1.